The molecular weight excluding hydrogens is 394 g/mol. The lowest BCUT2D eigenvalue weighted by Crippen LogP contribution is -2.12. The van der Waals surface area contributed by atoms with Gasteiger partial charge in [0.1, 0.15) is 12.3 Å². The summed E-state index contributed by atoms with van der Waals surface area (Å²) in [6, 6.07) is 13.2. The van der Waals surface area contributed by atoms with Crippen molar-refractivity contribution in [1.82, 2.24) is 4.57 Å². The first kappa shape index (κ1) is 21.0. The summed E-state index contributed by atoms with van der Waals surface area (Å²) >= 11 is 0. The lowest BCUT2D eigenvalue weighted by molar-refractivity contribution is -0.137. The molecule has 31 heavy (non-hydrogen) atoms. The van der Waals surface area contributed by atoms with E-state index in [1.165, 1.54) is 31.9 Å². The van der Waals surface area contributed by atoms with E-state index in [1.54, 1.807) is 19.2 Å². The average Bonchev–Trinajstić information content (AvgIpc) is 3.12. The number of ether oxygens (including phenoxy) is 2. The van der Waals surface area contributed by atoms with Crippen LogP contribution in [0.2, 0.25) is 0 Å². The van der Waals surface area contributed by atoms with E-state index in [0.29, 0.717) is 11.5 Å². The number of benzene rings is 2. The van der Waals surface area contributed by atoms with Crippen LogP contribution in [0.3, 0.4) is 0 Å². The van der Waals surface area contributed by atoms with Crippen LogP contribution in [0, 0.1) is 0 Å². The van der Waals surface area contributed by atoms with Gasteiger partial charge in [0.15, 0.2) is 0 Å². The maximum Gasteiger partial charge on any atom is 0.337 e. The van der Waals surface area contributed by atoms with Gasteiger partial charge >= 0.3 is 11.9 Å². The normalized spacial score (nSPS) is 14.5. The Morgan fingerprint density at radius 3 is 2.35 bits per heavy atom. The monoisotopic (exact) mass is 421 g/mol. The molecule has 0 atom stereocenters. The zero-order chi connectivity index (χ0) is 22.0. The Bertz CT molecular complexity index is 1110. The number of rotatable bonds is 6. The van der Waals surface area contributed by atoms with Crippen LogP contribution < -0.4 is 4.74 Å². The summed E-state index contributed by atoms with van der Waals surface area (Å²) < 4.78 is 12.0. The second kappa shape index (κ2) is 8.84. The first-order chi connectivity index (χ1) is 15.0. The predicted molar refractivity (Wildman–Crippen MR) is 119 cm³/mol. The molecule has 1 saturated carbocycles. The quantitative estimate of drug-likeness (QED) is 0.551. The third-order valence-electron chi connectivity index (χ3n) is 6.20. The number of carbonyl (C=O) groups is 2. The Labute approximate surface area is 181 Å². The summed E-state index contributed by atoms with van der Waals surface area (Å²) in [7, 11) is 2.97. The smallest absolute Gasteiger partial charge is 0.337 e. The third kappa shape index (κ3) is 4.02. The topological polar surface area (TPSA) is 77.8 Å². The molecule has 0 amide bonds. The highest BCUT2D eigenvalue weighted by Crippen LogP contribution is 2.44. The second-order valence-electron chi connectivity index (χ2n) is 8.03. The fourth-order valence-electron chi connectivity index (χ4n) is 4.79. The van der Waals surface area contributed by atoms with E-state index in [0.717, 1.165) is 40.8 Å². The summed E-state index contributed by atoms with van der Waals surface area (Å²) in [5.74, 6) is -0.260. The van der Waals surface area contributed by atoms with Crippen molar-refractivity contribution >= 4 is 22.8 Å². The molecule has 1 fully saturated rings. The summed E-state index contributed by atoms with van der Waals surface area (Å²) in [6.45, 7) is -0.185. The van der Waals surface area contributed by atoms with Crippen LogP contribution in [0.15, 0.2) is 42.5 Å². The van der Waals surface area contributed by atoms with Crippen molar-refractivity contribution in [3.8, 4) is 17.0 Å². The zero-order valence-electron chi connectivity index (χ0n) is 17.9. The molecule has 6 nitrogen and oxygen atoms in total. The molecule has 2 aromatic carbocycles. The molecule has 1 aliphatic rings. The van der Waals surface area contributed by atoms with Crippen molar-refractivity contribution < 1.29 is 24.2 Å². The molecule has 0 spiro atoms. The molecule has 0 saturated heterocycles. The standard InChI is InChI=1S/C25H27NO5/c1-30-19-11-8-17(9-12-19)24-23(16-6-4-3-5-7-16)20-13-10-18(25(29)31-2)14-21(20)26(24)15-22(27)28/h8-14,16H,3-7,15H2,1-2H3,(H,27,28). The summed E-state index contributed by atoms with van der Waals surface area (Å²) in [5, 5.41) is 10.7. The highest BCUT2D eigenvalue weighted by atomic mass is 16.5. The summed E-state index contributed by atoms with van der Waals surface area (Å²) in [6.07, 6.45) is 5.72. The van der Waals surface area contributed by atoms with E-state index < -0.39 is 11.9 Å². The van der Waals surface area contributed by atoms with Gasteiger partial charge in [-0.15, -0.1) is 0 Å². The fourth-order valence-corrected chi connectivity index (χ4v) is 4.79. The van der Waals surface area contributed by atoms with Crippen LogP contribution in [-0.4, -0.2) is 35.8 Å². The van der Waals surface area contributed by atoms with Crippen molar-refractivity contribution in [3.63, 3.8) is 0 Å². The summed E-state index contributed by atoms with van der Waals surface area (Å²) in [4.78, 5) is 24.0. The van der Waals surface area contributed by atoms with Gasteiger partial charge in [0.05, 0.1) is 31.0 Å². The van der Waals surface area contributed by atoms with Gasteiger partial charge in [0, 0.05) is 5.39 Å². The number of esters is 1. The number of methoxy groups -OCH3 is 2. The molecule has 4 rings (SSSR count). The van der Waals surface area contributed by atoms with E-state index in [-0.39, 0.29) is 6.54 Å². The number of carboxylic acids is 1. The Kier molecular flexibility index (Phi) is 5.98. The predicted octanol–water partition coefficient (Wildman–Crippen LogP) is 5.24. The van der Waals surface area contributed by atoms with Gasteiger partial charge in [-0.3, -0.25) is 4.79 Å². The van der Waals surface area contributed by atoms with E-state index in [2.05, 4.69) is 0 Å². The first-order valence-electron chi connectivity index (χ1n) is 10.6. The maximum absolute atomic E-state index is 12.2. The Balaban J connectivity index is 2.01. The fraction of sp³-hybridized carbons (Fsp3) is 0.360. The molecule has 162 valence electrons. The largest absolute Gasteiger partial charge is 0.497 e. The van der Waals surface area contributed by atoms with Gasteiger partial charge in [-0.1, -0.05) is 25.3 Å². The van der Waals surface area contributed by atoms with Crippen LogP contribution in [0.25, 0.3) is 22.2 Å². The SMILES string of the molecule is COC(=O)c1ccc2c(C3CCCCC3)c(-c3ccc(OC)cc3)n(CC(=O)O)c2c1. The van der Waals surface area contributed by atoms with E-state index in [1.807, 2.05) is 34.9 Å². The Morgan fingerprint density at radius 1 is 1.03 bits per heavy atom. The van der Waals surface area contributed by atoms with Gasteiger partial charge in [0.2, 0.25) is 0 Å². The first-order valence-corrected chi connectivity index (χ1v) is 10.6. The number of hydrogen-bond donors (Lipinski definition) is 1. The van der Waals surface area contributed by atoms with Crippen molar-refractivity contribution in [2.24, 2.45) is 0 Å². The lowest BCUT2D eigenvalue weighted by Gasteiger charge is -2.23. The van der Waals surface area contributed by atoms with Crippen molar-refractivity contribution in [1.29, 1.82) is 0 Å². The van der Waals surface area contributed by atoms with Crippen LogP contribution in [-0.2, 0) is 16.1 Å². The molecule has 0 radical (unpaired) electrons. The lowest BCUT2D eigenvalue weighted by atomic mass is 9.82. The maximum atomic E-state index is 12.2. The Morgan fingerprint density at radius 2 is 1.74 bits per heavy atom. The van der Waals surface area contributed by atoms with Gasteiger partial charge in [0.25, 0.3) is 0 Å². The highest BCUT2D eigenvalue weighted by Gasteiger charge is 2.27. The van der Waals surface area contributed by atoms with Crippen LogP contribution in [0.1, 0.15) is 53.9 Å². The number of aromatic nitrogens is 1. The van der Waals surface area contributed by atoms with Crippen LogP contribution >= 0.6 is 0 Å². The molecular formula is C25H27NO5. The molecule has 3 aromatic rings. The van der Waals surface area contributed by atoms with Gasteiger partial charge in [-0.05, 0) is 66.3 Å². The molecule has 1 heterocycles. The molecule has 0 bridgehead atoms. The molecule has 0 aliphatic heterocycles. The number of aliphatic carboxylic acids is 1. The minimum absolute atomic E-state index is 0.185. The van der Waals surface area contributed by atoms with Crippen molar-refractivity contribution in [2.75, 3.05) is 14.2 Å². The highest BCUT2D eigenvalue weighted by molar-refractivity contribution is 5.99. The van der Waals surface area contributed by atoms with E-state index >= 15 is 0 Å². The van der Waals surface area contributed by atoms with Crippen molar-refractivity contribution in [3.05, 3.63) is 53.6 Å². The average molecular weight is 421 g/mol. The van der Waals surface area contributed by atoms with Gasteiger partial charge in [-0.25, -0.2) is 4.79 Å². The van der Waals surface area contributed by atoms with E-state index in [9.17, 15) is 14.7 Å². The number of carbonyl (C=O) groups excluding carboxylic acids is 1. The minimum Gasteiger partial charge on any atom is -0.497 e. The van der Waals surface area contributed by atoms with Gasteiger partial charge < -0.3 is 19.1 Å². The number of carboxylic acid groups (broad SMARTS) is 1. The number of hydrogen-bond acceptors (Lipinski definition) is 4. The number of nitrogens with zero attached hydrogens (tertiary/aromatic N) is 1. The van der Waals surface area contributed by atoms with Crippen LogP contribution in [0.4, 0.5) is 0 Å². The van der Waals surface area contributed by atoms with E-state index in [4.69, 9.17) is 9.47 Å². The molecule has 1 aliphatic carbocycles. The molecule has 0 unspecified atom stereocenters. The molecule has 1 N–H and O–H groups in total. The van der Waals surface area contributed by atoms with Gasteiger partial charge in [-0.2, -0.15) is 0 Å². The molecule has 6 heteroatoms. The van der Waals surface area contributed by atoms with Crippen LogP contribution in [0.5, 0.6) is 5.75 Å². The Hall–Kier alpha value is -3.28. The molecule has 1 aromatic heterocycles. The zero-order valence-corrected chi connectivity index (χ0v) is 17.9. The van der Waals surface area contributed by atoms with Crippen molar-refractivity contribution in [2.45, 2.75) is 44.6 Å². The third-order valence-corrected chi connectivity index (χ3v) is 6.20. The minimum atomic E-state index is -0.926. The number of fused-ring (bicyclic) bond motifs is 1. The second-order valence-corrected chi connectivity index (χ2v) is 8.03. The summed E-state index contributed by atoms with van der Waals surface area (Å²) in [5.41, 5.74) is 4.19.